The summed E-state index contributed by atoms with van der Waals surface area (Å²) in [4.78, 5) is 24.7. The fourth-order valence-electron chi connectivity index (χ4n) is 2.54. The second-order valence-electron chi connectivity index (χ2n) is 5.58. The number of nitrogens with two attached hydrogens (primary N) is 1. The number of aryl methyl sites for hydroxylation is 1. The maximum absolute atomic E-state index is 12.5. The van der Waals surface area contributed by atoms with E-state index in [-0.39, 0.29) is 11.6 Å². The number of halogens is 1. The number of carbonyl (C=O) groups is 1. The lowest BCUT2D eigenvalue weighted by atomic mass is 10.0. The van der Waals surface area contributed by atoms with Gasteiger partial charge in [0.15, 0.2) is 0 Å². The Morgan fingerprint density at radius 3 is 2.83 bits per heavy atom. The highest BCUT2D eigenvalue weighted by Gasteiger charge is 2.20. The SMILES string of the molecule is CCCCC(CN)NC(=O)c1c(C)c2cc(Br)ccc2oc1=O. The molecule has 0 aliphatic rings. The molecule has 6 heteroatoms. The summed E-state index contributed by atoms with van der Waals surface area (Å²) >= 11 is 3.39. The van der Waals surface area contributed by atoms with Crippen LogP contribution in [0.1, 0.15) is 42.1 Å². The van der Waals surface area contributed by atoms with E-state index in [4.69, 9.17) is 10.2 Å². The number of unbranched alkanes of at least 4 members (excludes halogenated alkanes) is 1. The highest BCUT2D eigenvalue weighted by Crippen LogP contribution is 2.23. The van der Waals surface area contributed by atoms with Gasteiger partial charge in [-0.2, -0.15) is 0 Å². The predicted molar refractivity (Wildman–Crippen MR) is 94.8 cm³/mol. The molecule has 0 aliphatic carbocycles. The Morgan fingerprint density at radius 2 is 2.17 bits per heavy atom. The third-order valence-electron chi connectivity index (χ3n) is 3.88. The molecule has 0 saturated heterocycles. The number of hydrogen-bond donors (Lipinski definition) is 2. The zero-order chi connectivity index (χ0) is 17.0. The van der Waals surface area contributed by atoms with E-state index >= 15 is 0 Å². The monoisotopic (exact) mass is 380 g/mol. The van der Waals surface area contributed by atoms with Crippen LogP contribution in [0.5, 0.6) is 0 Å². The van der Waals surface area contributed by atoms with Gasteiger partial charge in [0.05, 0.1) is 0 Å². The van der Waals surface area contributed by atoms with E-state index in [2.05, 4.69) is 28.2 Å². The van der Waals surface area contributed by atoms with Crippen molar-refractivity contribution >= 4 is 32.8 Å². The Kier molecular flexibility index (Phi) is 5.96. The molecule has 1 amide bonds. The Hall–Kier alpha value is -1.66. The third-order valence-corrected chi connectivity index (χ3v) is 4.37. The first-order chi connectivity index (χ1) is 11.0. The van der Waals surface area contributed by atoms with E-state index in [1.807, 2.05) is 6.07 Å². The number of benzene rings is 1. The molecule has 2 aromatic rings. The summed E-state index contributed by atoms with van der Waals surface area (Å²) in [6.07, 6.45) is 2.79. The normalized spacial score (nSPS) is 12.3. The largest absolute Gasteiger partial charge is 0.422 e. The molecule has 1 aromatic heterocycles. The quantitative estimate of drug-likeness (QED) is 0.753. The van der Waals surface area contributed by atoms with E-state index in [1.54, 1.807) is 19.1 Å². The number of nitrogens with one attached hydrogen (secondary N) is 1. The minimum absolute atomic E-state index is 0.0468. The van der Waals surface area contributed by atoms with Crippen LogP contribution in [0, 0.1) is 6.92 Å². The lowest BCUT2D eigenvalue weighted by Crippen LogP contribution is -2.42. The first-order valence-electron chi connectivity index (χ1n) is 7.71. The van der Waals surface area contributed by atoms with E-state index in [9.17, 15) is 9.59 Å². The van der Waals surface area contributed by atoms with Gasteiger partial charge in [0.2, 0.25) is 0 Å². The van der Waals surface area contributed by atoms with Crippen LogP contribution in [-0.2, 0) is 0 Å². The van der Waals surface area contributed by atoms with Crippen molar-refractivity contribution < 1.29 is 9.21 Å². The highest BCUT2D eigenvalue weighted by atomic mass is 79.9. The number of rotatable bonds is 6. The number of carbonyl (C=O) groups excluding carboxylic acids is 1. The van der Waals surface area contributed by atoms with Gasteiger partial charge in [-0.3, -0.25) is 4.79 Å². The third kappa shape index (κ3) is 4.00. The smallest absolute Gasteiger partial charge is 0.349 e. The molecule has 23 heavy (non-hydrogen) atoms. The van der Waals surface area contributed by atoms with Crippen LogP contribution < -0.4 is 16.7 Å². The van der Waals surface area contributed by atoms with Gasteiger partial charge in [-0.25, -0.2) is 4.79 Å². The van der Waals surface area contributed by atoms with Gasteiger partial charge in [-0.1, -0.05) is 35.7 Å². The molecule has 0 bridgehead atoms. The van der Waals surface area contributed by atoms with Crippen molar-refractivity contribution in [1.29, 1.82) is 0 Å². The van der Waals surface area contributed by atoms with Crippen molar-refractivity contribution in [2.75, 3.05) is 6.54 Å². The topological polar surface area (TPSA) is 85.3 Å². The summed E-state index contributed by atoms with van der Waals surface area (Å²) < 4.78 is 6.14. The molecule has 0 saturated carbocycles. The fraction of sp³-hybridized carbons (Fsp3) is 0.412. The number of hydrogen-bond acceptors (Lipinski definition) is 4. The summed E-state index contributed by atoms with van der Waals surface area (Å²) in [5.41, 5.74) is 6.21. The summed E-state index contributed by atoms with van der Waals surface area (Å²) in [6, 6.07) is 5.19. The van der Waals surface area contributed by atoms with Crippen LogP contribution >= 0.6 is 15.9 Å². The van der Waals surface area contributed by atoms with Gasteiger partial charge in [0.1, 0.15) is 11.1 Å². The summed E-state index contributed by atoms with van der Waals surface area (Å²) in [6.45, 7) is 4.18. The number of fused-ring (bicyclic) bond motifs is 1. The Bertz CT molecular complexity index is 770. The van der Waals surface area contributed by atoms with Crippen molar-refractivity contribution in [2.45, 2.75) is 39.2 Å². The molecular formula is C17H21BrN2O3. The van der Waals surface area contributed by atoms with Crippen molar-refractivity contribution in [2.24, 2.45) is 5.73 Å². The van der Waals surface area contributed by atoms with E-state index in [0.717, 1.165) is 29.1 Å². The second kappa shape index (κ2) is 7.75. The van der Waals surface area contributed by atoms with E-state index in [1.165, 1.54) is 0 Å². The standard InChI is InChI=1S/C17H21BrN2O3/c1-3-4-5-12(9-19)20-16(21)15-10(2)13-8-11(18)6-7-14(13)23-17(15)22/h6-8,12H,3-5,9,19H2,1-2H3,(H,20,21). The van der Waals surface area contributed by atoms with Crippen LogP contribution in [0.3, 0.4) is 0 Å². The Labute approximate surface area is 143 Å². The lowest BCUT2D eigenvalue weighted by Gasteiger charge is -2.17. The van der Waals surface area contributed by atoms with Gasteiger partial charge in [-0.15, -0.1) is 0 Å². The van der Waals surface area contributed by atoms with Gasteiger partial charge in [0.25, 0.3) is 5.91 Å². The maximum atomic E-state index is 12.5. The molecule has 1 heterocycles. The predicted octanol–water partition coefficient (Wildman–Crippen LogP) is 3.11. The number of amides is 1. The molecule has 0 aliphatic heterocycles. The molecule has 5 nitrogen and oxygen atoms in total. The molecule has 1 unspecified atom stereocenters. The molecule has 3 N–H and O–H groups in total. The maximum Gasteiger partial charge on any atom is 0.349 e. The second-order valence-corrected chi connectivity index (χ2v) is 6.49. The minimum atomic E-state index is -0.624. The van der Waals surface area contributed by atoms with Gasteiger partial charge >= 0.3 is 5.63 Å². The summed E-state index contributed by atoms with van der Waals surface area (Å²) in [5, 5.41) is 3.58. The zero-order valence-corrected chi connectivity index (χ0v) is 14.9. The molecule has 124 valence electrons. The Balaban J connectivity index is 2.38. The molecule has 0 spiro atoms. The molecular weight excluding hydrogens is 360 g/mol. The van der Waals surface area contributed by atoms with Crippen molar-refractivity contribution in [3.63, 3.8) is 0 Å². The minimum Gasteiger partial charge on any atom is -0.422 e. The van der Waals surface area contributed by atoms with Crippen LogP contribution in [0.25, 0.3) is 11.0 Å². The highest BCUT2D eigenvalue weighted by molar-refractivity contribution is 9.10. The average molecular weight is 381 g/mol. The van der Waals surface area contributed by atoms with E-state index in [0.29, 0.717) is 17.7 Å². The zero-order valence-electron chi connectivity index (χ0n) is 13.3. The molecule has 1 aromatic carbocycles. The van der Waals surface area contributed by atoms with Crippen LogP contribution in [-0.4, -0.2) is 18.5 Å². The van der Waals surface area contributed by atoms with Crippen LogP contribution in [0.2, 0.25) is 0 Å². The van der Waals surface area contributed by atoms with Gasteiger partial charge < -0.3 is 15.5 Å². The van der Waals surface area contributed by atoms with Crippen LogP contribution in [0.4, 0.5) is 0 Å². The molecule has 0 fully saturated rings. The van der Waals surface area contributed by atoms with Gasteiger partial charge in [-0.05, 0) is 37.1 Å². The van der Waals surface area contributed by atoms with Gasteiger partial charge in [0, 0.05) is 22.4 Å². The first kappa shape index (κ1) is 17.7. The van der Waals surface area contributed by atoms with Crippen molar-refractivity contribution in [3.05, 3.63) is 44.2 Å². The fourth-order valence-corrected chi connectivity index (χ4v) is 2.90. The van der Waals surface area contributed by atoms with E-state index < -0.39 is 11.5 Å². The lowest BCUT2D eigenvalue weighted by molar-refractivity contribution is 0.0931. The van der Waals surface area contributed by atoms with Crippen molar-refractivity contribution in [3.8, 4) is 0 Å². The van der Waals surface area contributed by atoms with Crippen LogP contribution in [0.15, 0.2) is 31.9 Å². The average Bonchev–Trinajstić information content (AvgIpc) is 2.52. The molecule has 0 radical (unpaired) electrons. The Morgan fingerprint density at radius 1 is 1.43 bits per heavy atom. The summed E-state index contributed by atoms with van der Waals surface area (Å²) in [5.74, 6) is -0.426. The molecule has 1 atom stereocenters. The first-order valence-corrected chi connectivity index (χ1v) is 8.51. The summed E-state index contributed by atoms with van der Waals surface area (Å²) in [7, 11) is 0. The van der Waals surface area contributed by atoms with Crippen molar-refractivity contribution in [1.82, 2.24) is 5.32 Å². The molecule has 2 rings (SSSR count).